The summed E-state index contributed by atoms with van der Waals surface area (Å²) in [7, 11) is -3.60. The van der Waals surface area contributed by atoms with Gasteiger partial charge in [-0.1, -0.05) is 0 Å². The van der Waals surface area contributed by atoms with Gasteiger partial charge >= 0.3 is 5.97 Å². The average Bonchev–Trinajstić information content (AvgIpc) is 2.68. The number of carbonyl (C=O) groups is 2. The van der Waals surface area contributed by atoms with Crippen molar-refractivity contribution in [2.24, 2.45) is 5.92 Å². The van der Waals surface area contributed by atoms with Crippen LogP contribution in [0, 0.1) is 5.92 Å². The van der Waals surface area contributed by atoms with Crippen LogP contribution in [-0.2, 0) is 19.6 Å². The number of amides is 1. The van der Waals surface area contributed by atoms with E-state index in [4.69, 9.17) is 9.84 Å². The van der Waals surface area contributed by atoms with Crippen molar-refractivity contribution in [1.29, 1.82) is 0 Å². The lowest BCUT2D eigenvalue weighted by atomic mass is 9.97. The Labute approximate surface area is 152 Å². The molecular weight excluding hydrogens is 360 g/mol. The Bertz CT molecular complexity index is 771. The molecule has 2 aliphatic rings. The van der Waals surface area contributed by atoms with Crippen LogP contribution in [0.3, 0.4) is 0 Å². The lowest BCUT2D eigenvalue weighted by Gasteiger charge is -2.30. The van der Waals surface area contributed by atoms with Crippen molar-refractivity contribution in [2.75, 3.05) is 39.4 Å². The first-order valence-electron chi connectivity index (χ1n) is 8.59. The minimum atomic E-state index is -3.60. The van der Waals surface area contributed by atoms with Gasteiger partial charge in [-0.25, -0.2) is 8.42 Å². The topological polar surface area (TPSA) is 104 Å². The molecule has 0 spiro atoms. The third kappa shape index (κ3) is 3.89. The fraction of sp³-hybridized carbons (Fsp3) is 0.529. The maximum atomic E-state index is 12.6. The minimum Gasteiger partial charge on any atom is -0.481 e. The Hall–Kier alpha value is -1.97. The second-order valence-corrected chi connectivity index (χ2v) is 8.41. The molecule has 0 bridgehead atoms. The van der Waals surface area contributed by atoms with Crippen molar-refractivity contribution >= 4 is 21.9 Å². The van der Waals surface area contributed by atoms with E-state index in [1.807, 2.05) is 0 Å². The summed E-state index contributed by atoms with van der Waals surface area (Å²) in [5.74, 6) is -1.71. The second-order valence-electron chi connectivity index (χ2n) is 6.47. The van der Waals surface area contributed by atoms with Crippen LogP contribution in [0.25, 0.3) is 0 Å². The van der Waals surface area contributed by atoms with E-state index in [1.54, 1.807) is 0 Å². The van der Waals surface area contributed by atoms with Crippen molar-refractivity contribution in [3.8, 4) is 0 Å². The fourth-order valence-corrected chi connectivity index (χ4v) is 4.66. The maximum Gasteiger partial charge on any atom is 0.308 e. The Morgan fingerprint density at radius 1 is 1.08 bits per heavy atom. The maximum absolute atomic E-state index is 12.6. The molecular formula is C17H22N2O6S. The first-order valence-corrected chi connectivity index (χ1v) is 10.0. The monoisotopic (exact) mass is 382 g/mol. The molecule has 0 saturated carbocycles. The van der Waals surface area contributed by atoms with Gasteiger partial charge in [0.1, 0.15) is 0 Å². The van der Waals surface area contributed by atoms with Gasteiger partial charge in [0.25, 0.3) is 5.91 Å². The second kappa shape index (κ2) is 7.73. The molecule has 2 fully saturated rings. The molecule has 0 radical (unpaired) electrons. The highest BCUT2D eigenvalue weighted by Crippen LogP contribution is 2.21. The van der Waals surface area contributed by atoms with E-state index in [9.17, 15) is 18.0 Å². The molecule has 1 aromatic carbocycles. The number of carboxylic acid groups (broad SMARTS) is 1. The average molecular weight is 382 g/mol. The zero-order valence-electron chi connectivity index (χ0n) is 14.3. The lowest BCUT2D eigenvalue weighted by molar-refractivity contribution is -0.143. The number of piperidine rings is 1. The number of hydrogen-bond acceptors (Lipinski definition) is 5. The van der Waals surface area contributed by atoms with Gasteiger partial charge in [0.05, 0.1) is 24.0 Å². The highest BCUT2D eigenvalue weighted by molar-refractivity contribution is 7.89. The third-order valence-corrected chi connectivity index (χ3v) is 6.68. The predicted octanol–water partition coefficient (Wildman–Crippen LogP) is 0.644. The number of carbonyl (C=O) groups excluding carboxylic acids is 1. The summed E-state index contributed by atoms with van der Waals surface area (Å²) < 4.78 is 31.7. The van der Waals surface area contributed by atoms with Crippen molar-refractivity contribution in [2.45, 2.75) is 17.7 Å². The predicted molar refractivity (Wildman–Crippen MR) is 92.3 cm³/mol. The zero-order valence-corrected chi connectivity index (χ0v) is 15.2. The summed E-state index contributed by atoms with van der Waals surface area (Å²) in [4.78, 5) is 25.4. The summed E-state index contributed by atoms with van der Waals surface area (Å²) in [5, 5.41) is 9.14. The van der Waals surface area contributed by atoms with E-state index < -0.39 is 21.9 Å². The smallest absolute Gasteiger partial charge is 0.308 e. The van der Waals surface area contributed by atoms with Gasteiger partial charge in [-0.15, -0.1) is 0 Å². The van der Waals surface area contributed by atoms with Crippen LogP contribution in [0.15, 0.2) is 29.2 Å². The molecule has 1 aromatic rings. The highest BCUT2D eigenvalue weighted by atomic mass is 32.2. The Balaban J connectivity index is 1.72. The zero-order chi connectivity index (χ0) is 18.7. The highest BCUT2D eigenvalue weighted by Gasteiger charge is 2.30. The molecule has 9 heteroatoms. The van der Waals surface area contributed by atoms with E-state index in [2.05, 4.69) is 0 Å². The summed E-state index contributed by atoms with van der Waals surface area (Å²) in [5.41, 5.74) is 0.358. The molecule has 1 atom stereocenters. The van der Waals surface area contributed by atoms with Gasteiger partial charge in [0.2, 0.25) is 10.0 Å². The van der Waals surface area contributed by atoms with Crippen molar-refractivity contribution in [3.05, 3.63) is 29.8 Å². The van der Waals surface area contributed by atoms with Crippen molar-refractivity contribution < 1.29 is 27.9 Å². The summed E-state index contributed by atoms with van der Waals surface area (Å²) in [6.07, 6.45) is 1.21. The molecule has 2 aliphatic heterocycles. The molecule has 0 aliphatic carbocycles. The van der Waals surface area contributed by atoms with Gasteiger partial charge in [0.15, 0.2) is 0 Å². The van der Waals surface area contributed by atoms with Gasteiger partial charge in [-0.05, 0) is 37.1 Å². The van der Waals surface area contributed by atoms with Crippen LogP contribution in [-0.4, -0.2) is 74.0 Å². The van der Waals surface area contributed by atoms with E-state index in [0.717, 1.165) is 0 Å². The molecule has 1 amide bonds. The van der Waals surface area contributed by atoms with Gasteiger partial charge in [0, 0.05) is 31.7 Å². The van der Waals surface area contributed by atoms with Gasteiger partial charge < -0.3 is 14.7 Å². The van der Waals surface area contributed by atoms with Crippen LogP contribution in [0.5, 0.6) is 0 Å². The van der Waals surface area contributed by atoms with E-state index in [0.29, 0.717) is 51.3 Å². The molecule has 26 heavy (non-hydrogen) atoms. The summed E-state index contributed by atoms with van der Waals surface area (Å²) in [6, 6.07) is 5.83. The number of sulfonamides is 1. The Morgan fingerprint density at radius 3 is 2.35 bits per heavy atom. The number of morpholine rings is 1. The number of benzene rings is 1. The molecule has 1 N–H and O–H groups in total. The van der Waals surface area contributed by atoms with Crippen LogP contribution in [0.2, 0.25) is 0 Å². The number of hydrogen-bond donors (Lipinski definition) is 1. The quantitative estimate of drug-likeness (QED) is 0.820. The summed E-state index contributed by atoms with van der Waals surface area (Å²) in [6.45, 7) is 2.06. The van der Waals surface area contributed by atoms with Gasteiger partial charge in [-0.3, -0.25) is 9.59 Å². The normalized spacial score (nSPS) is 22.2. The lowest BCUT2D eigenvalue weighted by Crippen LogP contribution is -2.42. The van der Waals surface area contributed by atoms with Crippen LogP contribution in [0.4, 0.5) is 0 Å². The van der Waals surface area contributed by atoms with E-state index in [-0.39, 0.29) is 17.3 Å². The Morgan fingerprint density at radius 2 is 1.73 bits per heavy atom. The number of likely N-dealkylation sites (tertiary alicyclic amines) is 1. The molecule has 8 nitrogen and oxygen atoms in total. The molecule has 142 valence electrons. The first kappa shape index (κ1) is 18.8. The van der Waals surface area contributed by atoms with Crippen molar-refractivity contribution in [3.63, 3.8) is 0 Å². The molecule has 0 unspecified atom stereocenters. The van der Waals surface area contributed by atoms with Gasteiger partial charge in [-0.2, -0.15) is 4.31 Å². The summed E-state index contributed by atoms with van der Waals surface area (Å²) >= 11 is 0. The standard InChI is InChI=1S/C17H22N2O6S/c20-16(18-7-1-2-14(12-18)17(21)22)13-3-5-15(6-4-13)26(23,24)19-8-10-25-11-9-19/h3-6,14H,1-2,7-12H2,(H,21,22)/t14-/m0/s1. The van der Waals surface area contributed by atoms with Crippen LogP contribution in [0.1, 0.15) is 23.2 Å². The van der Waals surface area contributed by atoms with E-state index >= 15 is 0 Å². The Kier molecular flexibility index (Phi) is 5.59. The van der Waals surface area contributed by atoms with Crippen LogP contribution >= 0.6 is 0 Å². The molecule has 2 heterocycles. The number of aliphatic carboxylic acids is 1. The van der Waals surface area contributed by atoms with Crippen LogP contribution < -0.4 is 0 Å². The first-order chi connectivity index (χ1) is 12.4. The third-order valence-electron chi connectivity index (χ3n) is 4.77. The number of carboxylic acids is 1. The SMILES string of the molecule is O=C(O)[C@H]1CCCN(C(=O)c2ccc(S(=O)(=O)N3CCOCC3)cc2)C1. The largest absolute Gasteiger partial charge is 0.481 e. The molecule has 0 aromatic heterocycles. The fourth-order valence-electron chi connectivity index (χ4n) is 3.25. The number of ether oxygens (including phenoxy) is 1. The number of rotatable bonds is 4. The minimum absolute atomic E-state index is 0.137. The molecule has 3 rings (SSSR count). The number of nitrogens with zero attached hydrogens (tertiary/aromatic N) is 2. The molecule has 2 saturated heterocycles. The van der Waals surface area contributed by atoms with Crippen molar-refractivity contribution in [1.82, 2.24) is 9.21 Å². The van der Waals surface area contributed by atoms with E-state index in [1.165, 1.54) is 33.5 Å².